The minimum Gasteiger partial charge on any atom is -0.504 e. The van der Waals surface area contributed by atoms with Crippen LogP contribution in [-0.4, -0.2) is 21.1 Å². The molecule has 2 rings (SSSR count). The van der Waals surface area contributed by atoms with Gasteiger partial charge < -0.3 is 15.9 Å². The van der Waals surface area contributed by atoms with Crippen molar-refractivity contribution in [2.45, 2.75) is 13.0 Å². The molecule has 0 spiro atoms. The number of thiazole rings is 1. The van der Waals surface area contributed by atoms with Crippen LogP contribution in [0.1, 0.15) is 29.0 Å². The van der Waals surface area contributed by atoms with Crippen molar-refractivity contribution in [2.75, 3.05) is 5.32 Å². The predicted molar refractivity (Wildman–Crippen MR) is 72.4 cm³/mol. The minimum atomic E-state index is -0.416. The van der Waals surface area contributed by atoms with E-state index < -0.39 is 5.91 Å². The zero-order valence-corrected chi connectivity index (χ0v) is 10.9. The molecule has 1 amide bonds. The predicted octanol–water partition coefficient (Wildman–Crippen LogP) is 1.83. The molecule has 19 heavy (non-hydrogen) atoms. The first-order valence-electron chi connectivity index (χ1n) is 5.51. The largest absolute Gasteiger partial charge is 0.504 e. The van der Waals surface area contributed by atoms with E-state index in [9.17, 15) is 15.0 Å². The Morgan fingerprint density at radius 1 is 1.42 bits per heavy atom. The van der Waals surface area contributed by atoms with Gasteiger partial charge in [-0.25, -0.2) is 4.98 Å². The highest BCUT2D eigenvalue weighted by Gasteiger charge is 2.12. The summed E-state index contributed by atoms with van der Waals surface area (Å²) in [5, 5.41) is 23.3. The number of aromatic hydroxyl groups is 2. The van der Waals surface area contributed by atoms with Crippen molar-refractivity contribution in [2.24, 2.45) is 5.73 Å². The Morgan fingerprint density at radius 2 is 2.16 bits per heavy atom. The molecular formula is C12H13N3O3S. The smallest absolute Gasteiger partial charge is 0.257 e. The van der Waals surface area contributed by atoms with E-state index in [2.05, 4.69) is 10.3 Å². The molecule has 1 aromatic carbocycles. The van der Waals surface area contributed by atoms with E-state index in [0.717, 1.165) is 0 Å². The third kappa shape index (κ3) is 3.01. The van der Waals surface area contributed by atoms with E-state index in [0.29, 0.717) is 10.8 Å². The fourth-order valence-corrected chi connectivity index (χ4v) is 2.20. The van der Waals surface area contributed by atoms with Crippen molar-refractivity contribution in [1.82, 2.24) is 4.98 Å². The molecule has 1 atom stereocenters. The number of hydrogen-bond acceptors (Lipinski definition) is 6. The molecule has 0 bridgehead atoms. The monoisotopic (exact) mass is 279 g/mol. The summed E-state index contributed by atoms with van der Waals surface area (Å²) >= 11 is 1.27. The number of nitrogens with two attached hydrogens (primary N) is 1. The van der Waals surface area contributed by atoms with E-state index in [1.807, 2.05) is 0 Å². The van der Waals surface area contributed by atoms with Crippen molar-refractivity contribution >= 4 is 22.4 Å². The summed E-state index contributed by atoms with van der Waals surface area (Å²) in [5.41, 5.74) is 6.61. The van der Waals surface area contributed by atoms with Crippen LogP contribution in [0.25, 0.3) is 0 Å². The molecule has 2 aromatic rings. The number of nitrogens with zero attached hydrogens (tertiary/aromatic N) is 1. The SMILES string of the molecule is CC(N)c1csc(NC(=O)c2ccc(O)c(O)c2)n1. The van der Waals surface area contributed by atoms with Gasteiger partial charge in [0.15, 0.2) is 16.6 Å². The zero-order valence-electron chi connectivity index (χ0n) is 10.1. The van der Waals surface area contributed by atoms with E-state index >= 15 is 0 Å². The van der Waals surface area contributed by atoms with Crippen molar-refractivity contribution < 1.29 is 15.0 Å². The van der Waals surface area contributed by atoms with Crippen LogP contribution in [0.3, 0.4) is 0 Å². The van der Waals surface area contributed by atoms with Crippen molar-refractivity contribution in [1.29, 1.82) is 0 Å². The standard InChI is InChI=1S/C12H13N3O3S/c1-6(13)8-5-19-12(14-8)15-11(18)7-2-3-9(16)10(17)4-7/h2-6,16-17H,13H2,1H3,(H,14,15,18). The van der Waals surface area contributed by atoms with Crippen molar-refractivity contribution in [3.05, 3.63) is 34.8 Å². The fraction of sp³-hybridized carbons (Fsp3) is 0.167. The summed E-state index contributed by atoms with van der Waals surface area (Å²) in [6.07, 6.45) is 0. The lowest BCUT2D eigenvalue weighted by atomic mass is 10.2. The van der Waals surface area contributed by atoms with E-state index in [1.165, 1.54) is 29.5 Å². The quantitative estimate of drug-likeness (QED) is 0.641. The number of rotatable bonds is 3. The maximum Gasteiger partial charge on any atom is 0.257 e. The van der Waals surface area contributed by atoms with Gasteiger partial charge in [0, 0.05) is 17.0 Å². The molecule has 0 aliphatic carbocycles. The Bertz CT molecular complexity index is 610. The Labute approximate surface area is 113 Å². The number of carbonyl (C=O) groups excluding carboxylic acids is 1. The van der Waals surface area contributed by atoms with Gasteiger partial charge in [-0.15, -0.1) is 11.3 Å². The molecule has 1 heterocycles. The summed E-state index contributed by atoms with van der Waals surface area (Å²) in [7, 11) is 0. The number of anilines is 1. The number of phenolic OH excluding ortho intramolecular Hbond substituents is 2. The maximum atomic E-state index is 11.9. The number of phenols is 2. The molecule has 0 saturated carbocycles. The second kappa shape index (κ2) is 5.25. The number of carbonyl (C=O) groups is 1. The van der Waals surface area contributed by atoms with Crippen molar-refractivity contribution in [3.8, 4) is 11.5 Å². The number of benzene rings is 1. The van der Waals surface area contributed by atoms with Crippen LogP contribution >= 0.6 is 11.3 Å². The molecule has 0 radical (unpaired) electrons. The molecule has 0 aliphatic rings. The first-order valence-corrected chi connectivity index (χ1v) is 6.39. The lowest BCUT2D eigenvalue weighted by molar-refractivity contribution is 0.102. The van der Waals surface area contributed by atoms with Gasteiger partial charge in [-0.3, -0.25) is 10.1 Å². The third-order valence-electron chi connectivity index (χ3n) is 2.45. The first kappa shape index (κ1) is 13.3. The molecular weight excluding hydrogens is 266 g/mol. The Kier molecular flexibility index (Phi) is 3.68. The molecule has 6 nitrogen and oxygen atoms in total. The van der Waals surface area contributed by atoms with Crippen molar-refractivity contribution in [3.63, 3.8) is 0 Å². The highest BCUT2D eigenvalue weighted by atomic mass is 32.1. The lowest BCUT2D eigenvalue weighted by Crippen LogP contribution is -2.12. The van der Waals surface area contributed by atoms with Gasteiger partial charge in [0.2, 0.25) is 0 Å². The van der Waals surface area contributed by atoms with Gasteiger partial charge >= 0.3 is 0 Å². The molecule has 1 unspecified atom stereocenters. The van der Waals surface area contributed by atoms with Crippen LogP contribution in [0.4, 0.5) is 5.13 Å². The van der Waals surface area contributed by atoms with Gasteiger partial charge in [-0.2, -0.15) is 0 Å². The van der Waals surface area contributed by atoms with Gasteiger partial charge in [-0.1, -0.05) is 0 Å². The Hall–Kier alpha value is -2.12. The summed E-state index contributed by atoms with van der Waals surface area (Å²) in [4.78, 5) is 16.1. The maximum absolute atomic E-state index is 11.9. The molecule has 7 heteroatoms. The second-order valence-electron chi connectivity index (χ2n) is 4.02. The van der Waals surface area contributed by atoms with Gasteiger partial charge in [-0.05, 0) is 25.1 Å². The molecule has 100 valence electrons. The highest BCUT2D eigenvalue weighted by molar-refractivity contribution is 7.14. The summed E-state index contributed by atoms with van der Waals surface area (Å²) < 4.78 is 0. The van der Waals surface area contributed by atoms with Gasteiger partial charge in [0.1, 0.15) is 0 Å². The normalized spacial score (nSPS) is 12.1. The van der Waals surface area contributed by atoms with Gasteiger partial charge in [0.05, 0.1) is 5.69 Å². The molecule has 1 aromatic heterocycles. The Morgan fingerprint density at radius 3 is 2.74 bits per heavy atom. The van der Waals surface area contributed by atoms with Crippen LogP contribution < -0.4 is 11.1 Å². The third-order valence-corrected chi connectivity index (χ3v) is 3.22. The molecule has 0 saturated heterocycles. The second-order valence-corrected chi connectivity index (χ2v) is 4.88. The Balaban J connectivity index is 2.13. The number of hydrogen-bond donors (Lipinski definition) is 4. The van der Waals surface area contributed by atoms with Crippen LogP contribution in [-0.2, 0) is 0 Å². The summed E-state index contributed by atoms with van der Waals surface area (Å²) in [6, 6.07) is 3.65. The fourth-order valence-electron chi connectivity index (χ4n) is 1.39. The highest BCUT2D eigenvalue weighted by Crippen LogP contribution is 2.26. The van der Waals surface area contributed by atoms with Crippen LogP contribution in [0, 0.1) is 0 Å². The first-order chi connectivity index (χ1) is 8.97. The van der Waals surface area contributed by atoms with E-state index in [1.54, 1.807) is 12.3 Å². The average molecular weight is 279 g/mol. The molecule has 5 N–H and O–H groups in total. The average Bonchev–Trinajstić information content (AvgIpc) is 2.81. The topological polar surface area (TPSA) is 108 Å². The van der Waals surface area contributed by atoms with E-state index in [-0.39, 0.29) is 23.1 Å². The number of aromatic nitrogens is 1. The molecule has 0 aliphatic heterocycles. The molecule has 0 fully saturated rings. The number of amides is 1. The number of nitrogens with one attached hydrogen (secondary N) is 1. The van der Waals surface area contributed by atoms with Crippen LogP contribution in [0.5, 0.6) is 11.5 Å². The van der Waals surface area contributed by atoms with Crippen LogP contribution in [0.15, 0.2) is 23.6 Å². The lowest BCUT2D eigenvalue weighted by Gasteiger charge is -2.03. The summed E-state index contributed by atoms with van der Waals surface area (Å²) in [6.45, 7) is 1.80. The minimum absolute atomic E-state index is 0.195. The zero-order chi connectivity index (χ0) is 14.0. The van der Waals surface area contributed by atoms with E-state index in [4.69, 9.17) is 5.73 Å². The summed E-state index contributed by atoms with van der Waals surface area (Å²) in [5.74, 6) is -1.03. The van der Waals surface area contributed by atoms with Gasteiger partial charge in [0.25, 0.3) is 5.91 Å². The van der Waals surface area contributed by atoms with Crippen LogP contribution in [0.2, 0.25) is 0 Å².